The first-order valence-corrected chi connectivity index (χ1v) is 4.90. The van der Waals surface area contributed by atoms with Crippen molar-refractivity contribution in [2.45, 2.75) is 19.4 Å². The van der Waals surface area contributed by atoms with Gasteiger partial charge in [0.25, 0.3) is 0 Å². The van der Waals surface area contributed by atoms with E-state index in [0.29, 0.717) is 0 Å². The number of nitrogens with one attached hydrogen (secondary N) is 1. The van der Waals surface area contributed by atoms with E-state index < -0.39 is 0 Å². The first-order valence-electron chi connectivity index (χ1n) is 4.09. The van der Waals surface area contributed by atoms with Crippen molar-refractivity contribution in [2.75, 3.05) is 13.2 Å². The minimum atomic E-state index is 0.198. The molecule has 0 fully saturated rings. The van der Waals surface area contributed by atoms with Crippen LogP contribution in [0, 0.1) is 6.92 Å². The number of fused-ring (bicyclic) bond motifs is 1. The van der Waals surface area contributed by atoms with Crippen molar-refractivity contribution in [1.29, 1.82) is 0 Å². The Hall–Kier alpha value is -0.450. The maximum absolute atomic E-state index is 9.07. The lowest BCUT2D eigenvalue weighted by atomic mass is 10.0. The van der Waals surface area contributed by atoms with Crippen LogP contribution in [0.15, 0.2) is 0 Å². The predicted octanol–water partition coefficient (Wildman–Crippen LogP) is 0.631. The molecule has 0 saturated carbocycles. The Kier molecular flexibility index (Phi) is 2.12. The summed E-state index contributed by atoms with van der Waals surface area (Å²) in [6, 6.07) is 0. The van der Waals surface area contributed by atoms with Crippen LogP contribution in [0.4, 0.5) is 0 Å². The van der Waals surface area contributed by atoms with E-state index in [0.717, 1.165) is 23.8 Å². The molecular weight excluding hydrogens is 172 g/mol. The monoisotopic (exact) mass is 184 g/mol. The fourth-order valence-corrected chi connectivity index (χ4v) is 2.53. The van der Waals surface area contributed by atoms with Gasteiger partial charge in [-0.15, -0.1) is 11.3 Å². The number of hydrogen-bond donors (Lipinski definition) is 2. The number of rotatable bonds is 1. The average molecular weight is 184 g/mol. The summed E-state index contributed by atoms with van der Waals surface area (Å²) in [5.74, 6) is 0.207. The molecule has 1 aliphatic heterocycles. The van der Waals surface area contributed by atoms with Gasteiger partial charge in [0.1, 0.15) is 0 Å². The summed E-state index contributed by atoms with van der Waals surface area (Å²) in [6.07, 6.45) is 0. The van der Waals surface area contributed by atoms with E-state index in [-0.39, 0.29) is 12.5 Å². The van der Waals surface area contributed by atoms with Crippen LogP contribution >= 0.6 is 11.3 Å². The zero-order chi connectivity index (χ0) is 8.55. The van der Waals surface area contributed by atoms with E-state index in [9.17, 15) is 0 Å². The molecule has 3 nitrogen and oxygen atoms in total. The van der Waals surface area contributed by atoms with Crippen LogP contribution in [0.25, 0.3) is 0 Å². The van der Waals surface area contributed by atoms with E-state index in [1.165, 1.54) is 4.88 Å². The van der Waals surface area contributed by atoms with E-state index in [2.05, 4.69) is 10.3 Å². The van der Waals surface area contributed by atoms with Crippen LogP contribution in [-0.4, -0.2) is 23.2 Å². The van der Waals surface area contributed by atoms with Crippen LogP contribution in [0.5, 0.6) is 0 Å². The Morgan fingerprint density at radius 3 is 3.33 bits per heavy atom. The second-order valence-electron chi connectivity index (χ2n) is 3.05. The zero-order valence-corrected chi connectivity index (χ0v) is 7.82. The first-order chi connectivity index (χ1) is 5.81. The average Bonchev–Trinajstić information content (AvgIpc) is 2.44. The fraction of sp³-hybridized carbons (Fsp3) is 0.625. The Morgan fingerprint density at radius 2 is 2.58 bits per heavy atom. The van der Waals surface area contributed by atoms with Crippen molar-refractivity contribution in [1.82, 2.24) is 10.3 Å². The number of aromatic nitrogens is 1. The molecule has 0 saturated heterocycles. The van der Waals surface area contributed by atoms with Gasteiger partial charge < -0.3 is 10.4 Å². The molecule has 12 heavy (non-hydrogen) atoms. The van der Waals surface area contributed by atoms with Gasteiger partial charge in [-0.05, 0) is 6.92 Å². The SMILES string of the molecule is Cc1nc2c(s1)CNCC2CO. The van der Waals surface area contributed by atoms with E-state index in [4.69, 9.17) is 5.11 Å². The summed E-state index contributed by atoms with van der Waals surface area (Å²) >= 11 is 1.72. The second-order valence-corrected chi connectivity index (χ2v) is 4.34. The van der Waals surface area contributed by atoms with Crippen molar-refractivity contribution < 1.29 is 5.11 Å². The smallest absolute Gasteiger partial charge is 0.0900 e. The number of thiazole rings is 1. The summed E-state index contributed by atoms with van der Waals surface area (Å²) in [7, 11) is 0. The molecule has 2 N–H and O–H groups in total. The predicted molar refractivity (Wildman–Crippen MR) is 48.4 cm³/mol. The molecule has 1 atom stereocenters. The largest absolute Gasteiger partial charge is 0.396 e. The highest BCUT2D eigenvalue weighted by molar-refractivity contribution is 7.11. The third kappa shape index (κ3) is 1.26. The lowest BCUT2D eigenvalue weighted by molar-refractivity contribution is 0.254. The molecule has 1 aromatic rings. The van der Waals surface area contributed by atoms with Crippen LogP contribution in [-0.2, 0) is 6.54 Å². The maximum Gasteiger partial charge on any atom is 0.0900 e. The molecule has 2 heterocycles. The highest BCUT2D eigenvalue weighted by Gasteiger charge is 2.22. The lowest BCUT2D eigenvalue weighted by Gasteiger charge is -2.19. The van der Waals surface area contributed by atoms with Gasteiger partial charge in [-0.2, -0.15) is 0 Å². The molecule has 2 rings (SSSR count). The molecule has 0 spiro atoms. The van der Waals surface area contributed by atoms with Gasteiger partial charge in [-0.25, -0.2) is 4.98 Å². The number of hydrogen-bond acceptors (Lipinski definition) is 4. The molecule has 0 bridgehead atoms. The summed E-state index contributed by atoms with van der Waals surface area (Å²) in [6.45, 7) is 3.98. The quantitative estimate of drug-likeness (QED) is 0.673. The van der Waals surface area contributed by atoms with Gasteiger partial charge >= 0.3 is 0 Å². The van der Waals surface area contributed by atoms with Gasteiger partial charge in [0.05, 0.1) is 17.3 Å². The van der Waals surface area contributed by atoms with Gasteiger partial charge in [-0.1, -0.05) is 0 Å². The topological polar surface area (TPSA) is 45.2 Å². The third-order valence-corrected chi connectivity index (χ3v) is 3.10. The molecule has 0 amide bonds. The van der Waals surface area contributed by atoms with Crippen molar-refractivity contribution >= 4 is 11.3 Å². The van der Waals surface area contributed by atoms with Gasteiger partial charge in [0, 0.05) is 23.9 Å². The number of nitrogens with zero attached hydrogens (tertiary/aromatic N) is 1. The van der Waals surface area contributed by atoms with Crippen molar-refractivity contribution in [3.63, 3.8) is 0 Å². The van der Waals surface area contributed by atoms with Crippen LogP contribution in [0.2, 0.25) is 0 Å². The Morgan fingerprint density at radius 1 is 1.75 bits per heavy atom. The minimum absolute atomic E-state index is 0.198. The van der Waals surface area contributed by atoms with Crippen molar-refractivity contribution in [2.24, 2.45) is 0 Å². The number of aliphatic hydroxyl groups excluding tert-OH is 1. The lowest BCUT2D eigenvalue weighted by Crippen LogP contribution is -2.29. The van der Waals surface area contributed by atoms with Crippen molar-refractivity contribution in [3.8, 4) is 0 Å². The molecule has 0 aliphatic carbocycles. The Labute approximate surface area is 75.5 Å². The van der Waals surface area contributed by atoms with Crippen LogP contribution in [0.1, 0.15) is 21.5 Å². The van der Waals surface area contributed by atoms with Crippen LogP contribution < -0.4 is 5.32 Å². The summed E-state index contributed by atoms with van der Waals surface area (Å²) in [5.41, 5.74) is 1.11. The van der Waals surface area contributed by atoms with Gasteiger partial charge in [0.15, 0.2) is 0 Å². The summed E-state index contributed by atoms with van der Waals surface area (Å²) in [5, 5.41) is 13.4. The number of aryl methyl sites for hydroxylation is 1. The first kappa shape index (κ1) is 8.16. The van der Waals surface area contributed by atoms with E-state index >= 15 is 0 Å². The Bertz CT molecular complexity index is 285. The van der Waals surface area contributed by atoms with Crippen LogP contribution in [0.3, 0.4) is 0 Å². The fourth-order valence-electron chi connectivity index (χ4n) is 1.54. The zero-order valence-electron chi connectivity index (χ0n) is 7.00. The molecule has 0 aromatic carbocycles. The highest BCUT2D eigenvalue weighted by Crippen LogP contribution is 2.27. The molecule has 1 aromatic heterocycles. The molecule has 1 unspecified atom stereocenters. The minimum Gasteiger partial charge on any atom is -0.396 e. The third-order valence-electron chi connectivity index (χ3n) is 2.12. The highest BCUT2D eigenvalue weighted by atomic mass is 32.1. The van der Waals surface area contributed by atoms with E-state index in [1.54, 1.807) is 11.3 Å². The molecule has 1 aliphatic rings. The van der Waals surface area contributed by atoms with Gasteiger partial charge in [0.2, 0.25) is 0 Å². The van der Waals surface area contributed by atoms with E-state index in [1.807, 2.05) is 6.92 Å². The standard InChI is InChI=1S/C8H12N2OS/c1-5-10-8-6(4-11)2-9-3-7(8)12-5/h6,9,11H,2-4H2,1H3. The summed E-state index contributed by atoms with van der Waals surface area (Å²) < 4.78 is 0. The Balaban J connectivity index is 2.36. The molecule has 4 heteroatoms. The normalized spacial score (nSPS) is 22.3. The second kappa shape index (κ2) is 3.12. The van der Waals surface area contributed by atoms with Gasteiger partial charge in [-0.3, -0.25) is 0 Å². The maximum atomic E-state index is 9.07. The molecular formula is C8H12N2OS. The number of aliphatic hydroxyl groups is 1. The van der Waals surface area contributed by atoms with Crippen molar-refractivity contribution in [3.05, 3.63) is 15.6 Å². The molecule has 66 valence electrons. The summed E-state index contributed by atoms with van der Waals surface area (Å²) in [4.78, 5) is 5.71. The molecule has 0 radical (unpaired) electrons.